The molecule has 1 aliphatic heterocycles. The second-order valence-electron chi connectivity index (χ2n) is 14.2. The first kappa shape index (κ1) is 40.9. The number of ether oxygens (including phenoxy) is 4. The molecule has 5 aromatic rings. The summed E-state index contributed by atoms with van der Waals surface area (Å²) in [6.45, 7) is 15.2. The maximum Gasteiger partial charge on any atom is 0.246 e. The van der Waals surface area contributed by atoms with Gasteiger partial charge in [0.25, 0.3) is 0 Å². The number of aromatic nitrogens is 1. The summed E-state index contributed by atoms with van der Waals surface area (Å²) < 4.78 is 23.7. The highest BCUT2D eigenvalue weighted by molar-refractivity contribution is 5.92. The van der Waals surface area contributed by atoms with E-state index in [0.29, 0.717) is 37.9 Å². The molecule has 9 heteroatoms. The molecule has 55 heavy (non-hydrogen) atoms. The van der Waals surface area contributed by atoms with Crippen LogP contribution in [0.25, 0.3) is 6.08 Å². The van der Waals surface area contributed by atoms with Crippen molar-refractivity contribution in [3.05, 3.63) is 148 Å². The molecule has 0 unspecified atom stereocenters. The molecule has 1 fully saturated rings. The zero-order valence-electron chi connectivity index (χ0n) is 32.5. The monoisotopic (exact) mass is 761 g/mol. The number of nitrogens with zero attached hydrogens (tertiary/aromatic N) is 3. The Kier molecular flexibility index (Phi) is 14.7. The lowest BCUT2D eigenvalue weighted by atomic mass is 10.1. The third-order valence-electron chi connectivity index (χ3n) is 9.31. The van der Waals surface area contributed by atoms with Gasteiger partial charge < -0.3 is 23.8 Å². The summed E-state index contributed by atoms with van der Waals surface area (Å²) in [5.41, 5.74) is 7.74. The van der Waals surface area contributed by atoms with E-state index in [2.05, 4.69) is 65.3 Å². The highest BCUT2D eigenvalue weighted by atomic mass is 35.5. The maximum absolute atomic E-state index is 13.1. The van der Waals surface area contributed by atoms with Crippen LogP contribution in [0.5, 0.6) is 28.9 Å². The third-order valence-corrected chi connectivity index (χ3v) is 9.31. The molecule has 6 rings (SSSR count). The van der Waals surface area contributed by atoms with Gasteiger partial charge in [0.05, 0.1) is 18.9 Å². The molecule has 4 aromatic carbocycles. The first-order valence-corrected chi connectivity index (χ1v) is 18.8. The van der Waals surface area contributed by atoms with E-state index >= 15 is 0 Å². The number of aryl methyl sites for hydroxylation is 3. The number of amides is 1. The van der Waals surface area contributed by atoms with E-state index < -0.39 is 0 Å². The summed E-state index contributed by atoms with van der Waals surface area (Å²) in [5, 5.41) is 0. The molecule has 0 bridgehead atoms. The Bertz CT molecular complexity index is 1970. The Balaban J connectivity index is 0.00000580. The second kappa shape index (κ2) is 19.9. The van der Waals surface area contributed by atoms with Crippen LogP contribution in [0, 0.1) is 20.8 Å². The van der Waals surface area contributed by atoms with Crippen molar-refractivity contribution in [3.63, 3.8) is 0 Å². The third kappa shape index (κ3) is 12.4. The Hall–Kier alpha value is -5.31. The average Bonchev–Trinajstić information content (AvgIpc) is 3.17. The molecular weight excluding hydrogens is 710 g/mol. The molecule has 0 saturated carbocycles. The minimum absolute atomic E-state index is 0. The van der Waals surface area contributed by atoms with E-state index in [9.17, 15) is 4.79 Å². The first-order valence-electron chi connectivity index (χ1n) is 18.8. The predicted molar refractivity (Wildman–Crippen MR) is 222 cm³/mol. The van der Waals surface area contributed by atoms with Gasteiger partial charge in [0.1, 0.15) is 29.6 Å². The molecule has 1 amide bonds. The van der Waals surface area contributed by atoms with Gasteiger partial charge in [0, 0.05) is 51.3 Å². The van der Waals surface area contributed by atoms with E-state index in [4.69, 9.17) is 18.9 Å². The highest BCUT2D eigenvalue weighted by Gasteiger charge is 2.20. The smallest absolute Gasteiger partial charge is 0.246 e. The van der Waals surface area contributed by atoms with Crippen molar-refractivity contribution in [1.29, 1.82) is 0 Å². The molecule has 0 atom stereocenters. The van der Waals surface area contributed by atoms with Crippen LogP contribution in [0.1, 0.15) is 52.8 Å². The zero-order chi connectivity index (χ0) is 37.9. The number of piperazine rings is 1. The van der Waals surface area contributed by atoms with Gasteiger partial charge in [0.15, 0.2) is 0 Å². The van der Waals surface area contributed by atoms with Crippen molar-refractivity contribution in [3.8, 4) is 28.9 Å². The molecule has 0 N–H and O–H groups in total. The van der Waals surface area contributed by atoms with Crippen LogP contribution in [0.15, 0.2) is 109 Å². The fourth-order valence-electron chi connectivity index (χ4n) is 6.35. The van der Waals surface area contributed by atoms with Gasteiger partial charge in [-0.1, -0.05) is 54.1 Å². The van der Waals surface area contributed by atoms with Crippen LogP contribution in [-0.4, -0.2) is 59.6 Å². The van der Waals surface area contributed by atoms with Crippen molar-refractivity contribution in [1.82, 2.24) is 14.8 Å². The molecule has 0 radical (unpaired) electrons. The largest absolute Gasteiger partial charge is 0.493 e. The maximum atomic E-state index is 13.1. The van der Waals surface area contributed by atoms with Crippen LogP contribution in [0.3, 0.4) is 0 Å². The minimum Gasteiger partial charge on any atom is -0.493 e. The van der Waals surface area contributed by atoms with Gasteiger partial charge in [-0.2, -0.15) is 0 Å². The van der Waals surface area contributed by atoms with Crippen LogP contribution < -0.4 is 18.9 Å². The van der Waals surface area contributed by atoms with Gasteiger partial charge in [-0.3, -0.25) is 9.69 Å². The Morgan fingerprint density at radius 3 is 2.00 bits per heavy atom. The van der Waals surface area contributed by atoms with Crippen molar-refractivity contribution < 1.29 is 23.7 Å². The fourth-order valence-corrected chi connectivity index (χ4v) is 6.35. The fraction of sp³-hybridized carbons (Fsp3) is 0.304. The first-order chi connectivity index (χ1) is 26.2. The predicted octanol–water partition coefficient (Wildman–Crippen LogP) is 9.57. The molecular formula is C46H52ClN3O5. The molecule has 8 nitrogen and oxygen atoms in total. The normalized spacial score (nSPS) is 13.1. The number of carbonyl (C=O) groups is 1. The van der Waals surface area contributed by atoms with E-state index in [0.717, 1.165) is 65.6 Å². The summed E-state index contributed by atoms with van der Waals surface area (Å²) in [7, 11) is 0. The Morgan fingerprint density at radius 1 is 0.745 bits per heavy atom. The van der Waals surface area contributed by atoms with Gasteiger partial charge in [-0.25, -0.2) is 4.98 Å². The van der Waals surface area contributed by atoms with Gasteiger partial charge in [-0.05, 0) is 117 Å². The topological polar surface area (TPSA) is 73.4 Å². The van der Waals surface area contributed by atoms with Crippen LogP contribution in [0.2, 0.25) is 0 Å². The molecule has 1 aliphatic rings. The van der Waals surface area contributed by atoms with Gasteiger partial charge in [-0.15, -0.1) is 12.4 Å². The summed E-state index contributed by atoms with van der Waals surface area (Å²) >= 11 is 0. The number of benzene rings is 4. The van der Waals surface area contributed by atoms with Crippen LogP contribution in [0.4, 0.5) is 0 Å². The minimum atomic E-state index is 0. The summed E-state index contributed by atoms with van der Waals surface area (Å²) in [5.74, 6) is 3.67. The number of pyridine rings is 1. The van der Waals surface area contributed by atoms with Crippen LogP contribution >= 0.6 is 12.4 Å². The lowest BCUT2D eigenvalue weighted by Crippen LogP contribution is -2.47. The molecule has 0 aliphatic carbocycles. The number of hydrogen-bond donors (Lipinski definition) is 0. The van der Waals surface area contributed by atoms with E-state index in [1.807, 2.05) is 87.2 Å². The van der Waals surface area contributed by atoms with Crippen molar-refractivity contribution in [2.45, 2.75) is 60.3 Å². The number of halogens is 1. The van der Waals surface area contributed by atoms with E-state index in [1.54, 1.807) is 12.3 Å². The zero-order valence-corrected chi connectivity index (χ0v) is 33.3. The SMILES string of the molecule is Cc1ccc(COc2ccc(Oc3c(C)cc(/C=C/C(=O)N4CCN(Cc5ccc(CCOc6ccc(OC(C)C)cc6)cc5)CC4)cc3C)nc2)cc1.Cl. The molecule has 288 valence electrons. The second-order valence-corrected chi connectivity index (χ2v) is 14.2. The summed E-state index contributed by atoms with van der Waals surface area (Å²) in [6.07, 6.45) is 6.24. The molecule has 1 saturated heterocycles. The van der Waals surface area contributed by atoms with Crippen molar-refractivity contribution in [2.75, 3.05) is 32.8 Å². The van der Waals surface area contributed by atoms with Crippen LogP contribution in [-0.2, 0) is 24.4 Å². The molecule has 0 spiro atoms. The number of rotatable bonds is 15. The average molecular weight is 762 g/mol. The Labute approximate surface area is 332 Å². The van der Waals surface area contributed by atoms with E-state index in [1.165, 1.54) is 16.7 Å². The Morgan fingerprint density at radius 2 is 1.36 bits per heavy atom. The van der Waals surface area contributed by atoms with Crippen molar-refractivity contribution >= 4 is 24.4 Å². The standard InChI is InChI=1S/C46H51N3O5.ClH/c1-33(2)53-42-17-15-41(16-18-42)51-27-22-37-10-12-38(13-11-37)31-48-23-25-49(26-24-48)45(50)21-14-40-28-35(4)46(36(5)29-40)54-44-20-19-43(30-47-44)52-32-39-8-6-34(3)7-9-39;/h6-21,28-30,33H,22-27,31-32H2,1-5H3;1H/b21-14+;. The molecule has 1 aromatic heterocycles. The number of hydrogen-bond acceptors (Lipinski definition) is 7. The van der Waals surface area contributed by atoms with Crippen molar-refractivity contribution in [2.24, 2.45) is 0 Å². The lowest BCUT2D eigenvalue weighted by Gasteiger charge is -2.34. The van der Waals surface area contributed by atoms with Gasteiger partial charge in [0.2, 0.25) is 11.8 Å². The number of carbonyl (C=O) groups excluding carboxylic acids is 1. The van der Waals surface area contributed by atoms with E-state index in [-0.39, 0.29) is 24.4 Å². The van der Waals surface area contributed by atoms with Gasteiger partial charge >= 0.3 is 0 Å². The summed E-state index contributed by atoms with van der Waals surface area (Å²) in [6, 6.07) is 32.6. The summed E-state index contributed by atoms with van der Waals surface area (Å²) in [4.78, 5) is 21.9. The lowest BCUT2D eigenvalue weighted by molar-refractivity contribution is -0.127. The molecule has 2 heterocycles. The quantitative estimate of drug-likeness (QED) is 0.0985. The highest BCUT2D eigenvalue weighted by Crippen LogP contribution is 2.30.